The van der Waals surface area contributed by atoms with Crippen molar-refractivity contribution in [1.82, 2.24) is 0 Å². The molecule has 0 fully saturated rings. The fourth-order valence-corrected chi connectivity index (χ4v) is 1.27. The van der Waals surface area contributed by atoms with Crippen LogP contribution in [0.2, 0.25) is 0 Å². The van der Waals surface area contributed by atoms with Crippen LogP contribution in [0.5, 0.6) is 11.5 Å². The molecule has 7 heteroatoms. The molecule has 0 spiro atoms. The van der Waals surface area contributed by atoms with Gasteiger partial charge in [0.25, 0.3) is 0 Å². The highest BCUT2D eigenvalue weighted by Gasteiger charge is 2.16. The lowest BCUT2D eigenvalue weighted by Crippen LogP contribution is -2.16. The first-order valence-electron chi connectivity index (χ1n) is 5.04. The Kier molecular flexibility index (Phi) is 5.06. The molecule has 0 saturated heterocycles. The van der Waals surface area contributed by atoms with Gasteiger partial charge in [0.15, 0.2) is 11.5 Å². The molecule has 0 saturated carbocycles. The van der Waals surface area contributed by atoms with Crippen LogP contribution in [0, 0.1) is 10.1 Å². The second-order valence-corrected chi connectivity index (χ2v) is 3.35. The van der Waals surface area contributed by atoms with Crippen molar-refractivity contribution in [2.45, 2.75) is 0 Å². The average molecular weight is 255 g/mol. The molecule has 18 heavy (non-hydrogen) atoms. The van der Waals surface area contributed by atoms with E-state index in [1.165, 1.54) is 32.4 Å². The molecule has 0 radical (unpaired) electrons. The lowest BCUT2D eigenvalue weighted by molar-refractivity contribution is -0.385. The molecule has 0 atom stereocenters. The van der Waals surface area contributed by atoms with E-state index in [1.54, 1.807) is 0 Å². The standard InChI is InChI=1S/C11H13NO6/c1-16-6-8(13)7-18-9-3-4-11(17-2)10(5-9)12(14)15/h3-5H,6-7H2,1-2H3. The van der Waals surface area contributed by atoms with E-state index in [1.807, 2.05) is 0 Å². The van der Waals surface area contributed by atoms with Crippen LogP contribution in [0.15, 0.2) is 18.2 Å². The molecule has 0 bridgehead atoms. The van der Waals surface area contributed by atoms with Crippen molar-refractivity contribution in [3.63, 3.8) is 0 Å². The first-order chi connectivity index (χ1) is 8.58. The first kappa shape index (κ1) is 13.9. The summed E-state index contributed by atoms with van der Waals surface area (Å²) >= 11 is 0. The lowest BCUT2D eigenvalue weighted by atomic mass is 10.3. The number of hydrogen-bond acceptors (Lipinski definition) is 6. The molecule has 0 N–H and O–H groups in total. The molecule has 0 aliphatic carbocycles. The SMILES string of the molecule is COCC(=O)COc1ccc(OC)c([N+](=O)[O-])c1. The van der Waals surface area contributed by atoms with Gasteiger partial charge in [0.2, 0.25) is 0 Å². The molecule has 0 heterocycles. The van der Waals surface area contributed by atoms with Gasteiger partial charge in [0.05, 0.1) is 18.1 Å². The van der Waals surface area contributed by atoms with Crippen molar-refractivity contribution in [3.8, 4) is 11.5 Å². The maximum atomic E-state index is 11.1. The topological polar surface area (TPSA) is 87.9 Å². The Bertz CT molecular complexity index is 445. The van der Waals surface area contributed by atoms with E-state index in [9.17, 15) is 14.9 Å². The van der Waals surface area contributed by atoms with E-state index in [0.717, 1.165) is 0 Å². The highest BCUT2D eigenvalue weighted by Crippen LogP contribution is 2.30. The predicted molar refractivity (Wildman–Crippen MR) is 62.0 cm³/mol. The number of rotatable bonds is 7. The van der Waals surface area contributed by atoms with E-state index in [-0.39, 0.29) is 36.2 Å². The van der Waals surface area contributed by atoms with Gasteiger partial charge in [-0.2, -0.15) is 0 Å². The molecule has 0 aliphatic rings. The second-order valence-electron chi connectivity index (χ2n) is 3.35. The van der Waals surface area contributed by atoms with Crippen molar-refractivity contribution in [1.29, 1.82) is 0 Å². The number of benzene rings is 1. The Morgan fingerprint density at radius 3 is 2.61 bits per heavy atom. The van der Waals surface area contributed by atoms with Gasteiger partial charge >= 0.3 is 5.69 Å². The Labute approximate surface area is 103 Å². The summed E-state index contributed by atoms with van der Waals surface area (Å²) in [4.78, 5) is 21.3. The van der Waals surface area contributed by atoms with E-state index in [0.29, 0.717) is 0 Å². The number of Topliss-reactive ketones (excluding diaryl/α,β-unsaturated/α-hetero) is 1. The zero-order valence-electron chi connectivity index (χ0n) is 10.0. The summed E-state index contributed by atoms with van der Waals surface area (Å²) in [6.07, 6.45) is 0. The van der Waals surface area contributed by atoms with Crippen molar-refractivity contribution in [2.75, 3.05) is 27.4 Å². The third-order valence-corrected chi connectivity index (χ3v) is 2.05. The minimum absolute atomic E-state index is 0.0573. The molecule has 0 amide bonds. The van der Waals surface area contributed by atoms with Gasteiger partial charge in [-0.05, 0) is 12.1 Å². The predicted octanol–water partition coefficient (Wildman–Crippen LogP) is 1.20. The summed E-state index contributed by atoms with van der Waals surface area (Å²) in [7, 11) is 2.74. The summed E-state index contributed by atoms with van der Waals surface area (Å²) in [5.41, 5.74) is -0.214. The van der Waals surface area contributed by atoms with Crippen LogP contribution < -0.4 is 9.47 Å². The number of nitro groups is 1. The number of hydrogen-bond donors (Lipinski definition) is 0. The third-order valence-electron chi connectivity index (χ3n) is 2.05. The van der Waals surface area contributed by atoms with Crippen LogP contribution in [0.4, 0.5) is 5.69 Å². The van der Waals surface area contributed by atoms with Crippen molar-refractivity contribution in [2.24, 2.45) is 0 Å². The Hall–Kier alpha value is -2.15. The van der Waals surface area contributed by atoms with Crippen LogP contribution in [-0.4, -0.2) is 38.1 Å². The van der Waals surface area contributed by atoms with Gasteiger partial charge in [0.1, 0.15) is 19.0 Å². The lowest BCUT2D eigenvalue weighted by Gasteiger charge is -2.06. The molecule has 1 aromatic rings. The van der Waals surface area contributed by atoms with Gasteiger partial charge in [0, 0.05) is 7.11 Å². The minimum atomic E-state index is -0.581. The molecular formula is C11H13NO6. The van der Waals surface area contributed by atoms with Gasteiger partial charge in [-0.3, -0.25) is 14.9 Å². The highest BCUT2D eigenvalue weighted by atomic mass is 16.6. The molecule has 0 aromatic heterocycles. The zero-order valence-corrected chi connectivity index (χ0v) is 10.0. The molecule has 1 rings (SSSR count). The fraction of sp³-hybridized carbons (Fsp3) is 0.364. The van der Waals surface area contributed by atoms with E-state index >= 15 is 0 Å². The monoisotopic (exact) mass is 255 g/mol. The largest absolute Gasteiger partial charge is 0.490 e. The summed E-state index contributed by atoms with van der Waals surface area (Å²) < 4.78 is 14.6. The summed E-state index contributed by atoms with van der Waals surface area (Å²) in [5.74, 6) is 0.110. The number of methoxy groups -OCH3 is 2. The zero-order chi connectivity index (χ0) is 13.5. The van der Waals surface area contributed by atoms with Crippen molar-refractivity contribution < 1.29 is 23.9 Å². The summed E-state index contributed by atoms with van der Waals surface area (Å²) in [6, 6.07) is 4.11. The number of ether oxygens (including phenoxy) is 3. The Morgan fingerprint density at radius 2 is 2.06 bits per heavy atom. The van der Waals surface area contributed by atoms with E-state index < -0.39 is 4.92 Å². The maximum Gasteiger partial charge on any atom is 0.314 e. The molecule has 1 aromatic carbocycles. The van der Waals surface area contributed by atoms with Crippen LogP contribution in [-0.2, 0) is 9.53 Å². The van der Waals surface area contributed by atoms with Crippen LogP contribution in [0.3, 0.4) is 0 Å². The summed E-state index contributed by atoms with van der Waals surface area (Å²) in [6.45, 7) is -0.254. The first-order valence-corrected chi connectivity index (χ1v) is 5.04. The number of carbonyl (C=O) groups excluding carboxylic acids is 1. The van der Waals surface area contributed by atoms with Crippen molar-refractivity contribution >= 4 is 11.5 Å². The van der Waals surface area contributed by atoms with Crippen LogP contribution in [0.1, 0.15) is 0 Å². The smallest absolute Gasteiger partial charge is 0.314 e. The Morgan fingerprint density at radius 1 is 1.33 bits per heavy atom. The third kappa shape index (κ3) is 3.70. The van der Waals surface area contributed by atoms with E-state index in [2.05, 4.69) is 4.74 Å². The minimum Gasteiger partial charge on any atom is -0.490 e. The molecule has 98 valence electrons. The number of ketones is 1. The quantitative estimate of drug-likeness (QED) is 0.537. The summed E-state index contributed by atoms with van der Waals surface area (Å²) in [5, 5.41) is 10.8. The molecular weight excluding hydrogens is 242 g/mol. The number of nitrogens with zero attached hydrogens (tertiary/aromatic N) is 1. The number of nitro benzene ring substituents is 1. The molecule has 7 nitrogen and oxygen atoms in total. The Balaban J connectivity index is 2.76. The molecule has 0 aliphatic heterocycles. The van der Waals surface area contributed by atoms with Gasteiger partial charge in [-0.15, -0.1) is 0 Å². The van der Waals surface area contributed by atoms with Crippen LogP contribution in [0.25, 0.3) is 0 Å². The second kappa shape index (κ2) is 6.55. The van der Waals surface area contributed by atoms with Crippen LogP contribution >= 0.6 is 0 Å². The fourth-order valence-electron chi connectivity index (χ4n) is 1.27. The number of carbonyl (C=O) groups is 1. The average Bonchev–Trinajstić information content (AvgIpc) is 2.36. The normalized spacial score (nSPS) is 9.89. The van der Waals surface area contributed by atoms with Crippen molar-refractivity contribution in [3.05, 3.63) is 28.3 Å². The maximum absolute atomic E-state index is 11.1. The van der Waals surface area contributed by atoms with E-state index in [4.69, 9.17) is 9.47 Å². The molecule has 0 unspecified atom stereocenters. The van der Waals surface area contributed by atoms with Gasteiger partial charge in [-0.25, -0.2) is 0 Å². The van der Waals surface area contributed by atoms with Gasteiger partial charge in [-0.1, -0.05) is 0 Å². The highest BCUT2D eigenvalue weighted by molar-refractivity contribution is 5.81. The van der Waals surface area contributed by atoms with Gasteiger partial charge < -0.3 is 14.2 Å².